The zero-order valence-electron chi connectivity index (χ0n) is 13.6. The van der Waals surface area contributed by atoms with Crippen molar-refractivity contribution in [3.8, 4) is 11.5 Å². The Hall–Kier alpha value is -3.42. The second-order valence-corrected chi connectivity index (χ2v) is 5.28. The number of fused-ring (bicyclic) bond motifs is 1. The van der Waals surface area contributed by atoms with Crippen molar-refractivity contribution < 1.29 is 14.6 Å². The predicted octanol–water partition coefficient (Wildman–Crippen LogP) is 1.69. The summed E-state index contributed by atoms with van der Waals surface area (Å²) in [5.74, 6) is 0.152. The summed E-state index contributed by atoms with van der Waals surface area (Å²) in [7, 11) is 1.46. The van der Waals surface area contributed by atoms with E-state index < -0.39 is 0 Å². The van der Waals surface area contributed by atoms with Gasteiger partial charge < -0.3 is 9.84 Å². The largest absolute Gasteiger partial charge is 0.504 e. The molecule has 3 rings (SSSR count). The number of hydrogen-bond donors (Lipinski definition) is 2. The van der Waals surface area contributed by atoms with Gasteiger partial charge in [0.05, 0.1) is 25.4 Å². The van der Waals surface area contributed by atoms with Crippen LogP contribution in [-0.2, 0) is 11.3 Å². The molecular weight excluding hydrogens is 322 g/mol. The molecule has 0 unspecified atom stereocenters. The van der Waals surface area contributed by atoms with Gasteiger partial charge in [0.15, 0.2) is 11.5 Å². The average molecular weight is 339 g/mol. The van der Waals surface area contributed by atoms with E-state index in [0.29, 0.717) is 17.9 Å². The first-order valence-electron chi connectivity index (χ1n) is 7.64. The van der Waals surface area contributed by atoms with Crippen molar-refractivity contribution in [3.05, 3.63) is 48.0 Å². The molecule has 0 aliphatic rings. The van der Waals surface area contributed by atoms with E-state index in [-0.39, 0.29) is 18.1 Å². The second-order valence-electron chi connectivity index (χ2n) is 5.28. The van der Waals surface area contributed by atoms with Crippen molar-refractivity contribution in [1.82, 2.24) is 20.4 Å². The van der Waals surface area contributed by atoms with E-state index >= 15 is 0 Å². The number of nitrogens with one attached hydrogen (secondary N) is 1. The Labute approximate surface area is 143 Å². The van der Waals surface area contributed by atoms with Gasteiger partial charge in [0.25, 0.3) is 0 Å². The standard InChI is InChI=1S/C17H17N5O3/c1-25-16-10-12(6-7-15(16)23)11-18-20-17(24)8-9-22-14-5-3-2-4-13(14)19-21-22/h2-7,10-11,23H,8-9H2,1H3,(H,20,24)/b18-11-. The van der Waals surface area contributed by atoms with Crippen molar-refractivity contribution >= 4 is 23.2 Å². The highest BCUT2D eigenvalue weighted by molar-refractivity contribution is 5.83. The molecule has 0 bridgehead atoms. The molecule has 1 heterocycles. The maximum absolute atomic E-state index is 11.9. The Kier molecular flexibility index (Phi) is 4.89. The van der Waals surface area contributed by atoms with Crippen LogP contribution in [0.3, 0.4) is 0 Å². The van der Waals surface area contributed by atoms with Crippen molar-refractivity contribution in [2.75, 3.05) is 7.11 Å². The van der Waals surface area contributed by atoms with Crippen LogP contribution in [0.5, 0.6) is 11.5 Å². The molecule has 0 saturated heterocycles. The molecule has 8 nitrogen and oxygen atoms in total. The van der Waals surface area contributed by atoms with E-state index in [1.807, 2.05) is 24.3 Å². The van der Waals surface area contributed by atoms with Crippen LogP contribution in [0.25, 0.3) is 11.0 Å². The number of hydrazone groups is 1. The minimum atomic E-state index is -0.235. The Morgan fingerprint density at radius 3 is 3.04 bits per heavy atom. The Morgan fingerprint density at radius 2 is 2.20 bits per heavy atom. The summed E-state index contributed by atoms with van der Waals surface area (Å²) in [4.78, 5) is 11.9. The molecule has 0 aliphatic heterocycles. The number of carbonyl (C=O) groups excluding carboxylic acids is 1. The highest BCUT2D eigenvalue weighted by Gasteiger charge is 2.06. The van der Waals surface area contributed by atoms with Crippen LogP contribution >= 0.6 is 0 Å². The fraction of sp³-hybridized carbons (Fsp3) is 0.176. The van der Waals surface area contributed by atoms with Crippen LogP contribution < -0.4 is 10.2 Å². The van der Waals surface area contributed by atoms with Crippen molar-refractivity contribution in [2.45, 2.75) is 13.0 Å². The lowest BCUT2D eigenvalue weighted by molar-refractivity contribution is -0.121. The number of phenols is 1. The third kappa shape index (κ3) is 3.92. The monoisotopic (exact) mass is 339 g/mol. The summed E-state index contributed by atoms with van der Waals surface area (Å²) in [6.07, 6.45) is 1.70. The molecule has 2 aromatic carbocycles. The number of para-hydroxylation sites is 1. The van der Waals surface area contributed by atoms with Gasteiger partial charge in [-0.2, -0.15) is 5.10 Å². The van der Waals surface area contributed by atoms with Gasteiger partial charge in [0.1, 0.15) is 5.52 Å². The number of aromatic hydroxyl groups is 1. The second kappa shape index (κ2) is 7.43. The van der Waals surface area contributed by atoms with Gasteiger partial charge in [-0.25, -0.2) is 10.1 Å². The summed E-state index contributed by atoms with van der Waals surface area (Å²) in [5, 5.41) is 21.5. The first-order chi connectivity index (χ1) is 12.2. The van der Waals surface area contributed by atoms with Gasteiger partial charge >= 0.3 is 0 Å². The molecular formula is C17H17N5O3. The predicted molar refractivity (Wildman–Crippen MR) is 92.5 cm³/mol. The number of aromatic nitrogens is 3. The first kappa shape index (κ1) is 16.4. The molecule has 0 atom stereocenters. The van der Waals surface area contributed by atoms with Crippen LogP contribution in [0.15, 0.2) is 47.6 Å². The Bertz CT molecular complexity index is 920. The van der Waals surface area contributed by atoms with E-state index in [4.69, 9.17) is 4.74 Å². The molecule has 1 aromatic heterocycles. The smallest absolute Gasteiger partial charge is 0.241 e. The number of carbonyl (C=O) groups is 1. The molecule has 2 N–H and O–H groups in total. The molecule has 0 fully saturated rings. The normalized spacial score (nSPS) is 11.1. The number of amides is 1. The lowest BCUT2D eigenvalue weighted by Gasteiger charge is -2.04. The number of rotatable bonds is 6. The third-order valence-corrected chi connectivity index (χ3v) is 3.58. The number of nitrogens with zero attached hydrogens (tertiary/aromatic N) is 4. The van der Waals surface area contributed by atoms with Gasteiger partial charge in [-0.15, -0.1) is 5.10 Å². The number of phenolic OH excluding ortho intramolecular Hbond substituents is 1. The zero-order valence-corrected chi connectivity index (χ0v) is 13.6. The zero-order chi connectivity index (χ0) is 17.6. The first-order valence-corrected chi connectivity index (χ1v) is 7.64. The molecule has 0 radical (unpaired) electrons. The summed E-state index contributed by atoms with van der Waals surface area (Å²) in [6, 6.07) is 12.3. The topological polar surface area (TPSA) is 102 Å². The van der Waals surface area contributed by atoms with Gasteiger partial charge in [-0.1, -0.05) is 17.3 Å². The number of aryl methyl sites for hydroxylation is 1. The number of benzene rings is 2. The van der Waals surface area contributed by atoms with Crippen molar-refractivity contribution in [3.63, 3.8) is 0 Å². The summed E-state index contributed by atoms with van der Waals surface area (Å²) in [6.45, 7) is 0.412. The molecule has 128 valence electrons. The summed E-state index contributed by atoms with van der Waals surface area (Å²) < 4.78 is 6.70. The maximum atomic E-state index is 11.9. The molecule has 8 heteroatoms. The van der Waals surface area contributed by atoms with Gasteiger partial charge in [-0.05, 0) is 35.9 Å². The molecule has 0 saturated carbocycles. The van der Waals surface area contributed by atoms with Crippen molar-refractivity contribution in [1.29, 1.82) is 0 Å². The van der Waals surface area contributed by atoms with Crippen molar-refractivity contribution in [2.24, 2.45) is 5.10 Å². The quantitative estimate of drug-likeness (QED) is 0.525. The van der Waals surface area contributed by atoms with Gasteiger partial charge in [0, 0.05) is 6.42 Å². The summed E-state index contributed by atoms with van der Waals surface area (Å²) >= 11 is 0. The minimum Gasteiger partial charge on any atom is -0.504 e. The molecule has 0 spiro atoms. The van der Waals surface area contributed by atoms with Crippen LogP contribution in [0, 0.1) is 0 Å². The highest BCUT2D eigenvalue weighted by atomic mass is 16.5. The molecule has 1 amide bonds. The van der Waals surface area contributed by atoms with Gasteiger partial charge in [-0.3, -0.25) is 4.79 Å². The number of hydrogen-bond acceptors (Lipinski definition) is 6. The van der Waals surface area contributed by atoms with E-state index in [2.05, 4.69) is 20.8 Å². The summed E-state index contributed by atoms with van der Waals surface area (Å²) in [5.41, 5.74) is 4.83. The van der Waals surface area contributed by atoms with Gasteiger partial charge in [0.2, 0.25) is 5.91 Å². The lowest BCUT2D eigenvalue weighted by atomic mass is 10.2. The molecule has 25 heavy (non-hydrogen) atoms. The number of methoxy groups -OCH3 is 1. The van der Waals surface area contributed by atoms with Crippen LogP contribution in [0.2, 0.25) is 0 Å². The average Bonchev–Trinajstić information content (AvgIpc) is 3.04. The SMILES string of the molecule is COc1cc(/C=N\NC(=O)CCn2nnc3ccccc32)ccc1O. The van der Waals surface area contributed by atoms with E-state index in [0.717, 1.165) is 11.0 Å². The minimum absolute atomic E-state index is 0.0451. The van der Waals surface area contributed by atoms with Crippen LogP contribution in [-0.4, -0.2) is 39.3 Å². The van der Waals surface area contributed by atoms with E-state index in [9.17, 15) is 9.90 Å². The van der Waals surface area contributed by atoms with E-state index in [1.54, 1.807) is 16.8 Å². The maximum Gasteiger partial charge on any atom is 0.241 e. The van der Waals surface area contributed by atoms with E-state index in [1.165, 1.54) is 19.4 Å². The fourth-order valence-electron chi connectivity index (χ4n) is 2.30. The molecule has 0 aliphatic carbocycles. The highest BCUT2D eigenvalue weighted by Crippen LogP contribution is 2.25. The Morgan fingerprint density at radius 1 is 1.36 bits per heavy atom. The number of ether oxygens (including phenoxy) is 1. The Balaban J connectivity index is 1.54. The molecule has 3 aromatic rings. The van der Waals surface area contributed by atoms with Crippen LogP contribution in [0.1, 0.15) is 12.0 Å². The van der Waals surface area contributed by atoms with Crippen LogP contribution in [0.4, 0.5) is 0 Å². The third-order valence-electron chi connectivity index (χ3n) is 3.58. The fourth-order valence-corrected chi connectivity index (χ4v) is 2.30. The lowest BCUT2D eigenvalue weighted by Crippen LogP contribution is -2.19.